The summed E-state index contributed by atoms with van der Waals surface area (Å²) in [5, 5.41) is 6.13. The van der Waals surface area contributed by atoms with Crippen molar-refractivity contribution in [3.8, 4) is 0 Å². The highest BCUT2D eigenvalue weighted by atomic mass is 32.2. The molecule has 2 aromatic heterocycles. The van der Waals surface area contributed by atoms with Gasteiger partial charge in [-0.1, -0.05) is 5.16 Å². The normalized spacial score (nSPS) is 12.3. The molecule has 0 aliphatic heterocycles. The van der Waals surface area contributed by atoms with Crippen molar-refractivity contribution in [1.29, 1.82) is 0 Å². The van der Waals surface area contributed by atoms with Gasteiger partial charge in [-0.3, -0.25) is 9.00 Å². The van der Waals surface area contributed by atoms with Gasteiger partial charge < -0.3 is 14.3 Å². The molecule has 0 aliphatic carbocycles. The van der Waals surface area contributed by atoms with Crippen molar-refractivity contribution in [3.63, 3.8) is 0 Å². The van der Waals surface area contributed by atoms with E-state index >= 15 is 0 Å². The van der Waals surface area contributed by atoms with Crippen molar-refractivity contribution >= 4 is 22.5 Å². The standard InChI is InChI=1S/C11H12N2O4S/c1-7-5-10(13-17-7)12-11(14)6-18(15)9-3-4-16-8(9)2/h3-5H,6H2,1-2H3,(H,12,13,14)/t18-/m0/s1. The van der Waals surface area contributed by atoms with Crippen LogP contribution in [0.2, 0.25) is 0 Å². The molecule has 2 heterocycles. The van der Waals surface area contributed by atoms with E-state index in [2.05, 4.69) is 10.5 Å². The Kier molecular flexibility index (Phi) is 3.61. The first-order valence-electron chi connectivity index (χ1n) is 5.22. The molecule has 6 nitrogen and oxygen atoms in total. The summed E-state index contributed by atoms with van der Waals surface area (Å²) in [4.78, 5) is 12.2. The van der Waals surface area contributed by atoms with Crippen LogP contribution in [0.15, 0.2) is 32.2 Å². The molecule has 0 radical (unpaired) electrons. The van der Waals surface area contributed by atoms with Gasteiger partial charge in [0, 0.05) is 6.07 Å². The van der Waals surface area contributed by atoms with E-state index < -0.39 is 10.8 Å². The number of amides is 1. The average Bonchev–Trinajstić information content (AvgIpc) is 2.87. The van der Waals surface area contributed by atoms with Gasteiger partial charge >= 0.3 is 0 Å². The molecule has 0 spiro atoms. The number of carbonyl (C=O) groups is 1. The molecule has 0 saturated heterocycles. The van der Waals surface area contributed by atoms with Gasteiger partial charge in [0.1, 0.15) is 17.3 Å². The average molecular weight is 268 g/mol. The topological polar surface area (TPSA) is 85.3 Å². The van der Waals surface area contributed by atoms with Crippen LogP contribution in [0, 0.1) is 13.8 Å². The minimum atomic E-state index is -1.42. The van der Waals surface area contributed by atoms with Gasteiger partial charge in [-0.05, 0) is 19.9 Å². The molecule has 0 aliphatic rings. The number of hydrogen-bond acceptors (Lipinski definition) is 5. The molecule has 96 valence electrons. The highest BCUT2D eigenvalue weighted by Crippen LogP contribution is 2.14. The van der Waals surface area contributed by atoms with E-state index in [1.165, 1.54) is 6.26 Å². The van der Waals surface area contributed by atoms with Gasteiger partial charge in [-0.15, -0.1) is 0 Å². The van der Waals surface area contributed by atoms with Gasteiger partial charge in [0.15, 0.2) is 5.82 Å². The molecular weight excluding hydrogens is 256 g/mol. The summed E-state index contributed by atoms with van der Waals surface area (Å²) < 4.78 is 21.7. The van der Waals surface area contributed by atoms with E-state index in [4.69, 9.17) is 8.94 Å². The number of hydrogen-bond donors (Lipinski definition) is 1. The van der Waals surface area contributed by atoms with E-state index in [9.17, 15) is 9.00 Å². The smallest absolute Gasteiger partial charge is 0.238 e. The maximum Gasteiger partial charge on any atom is 0.238 e. The largest absolute Gasteiger partial charge is 0.468 e. The second-order valence-corrected chi connectivity index (χ2v) is 5.12. The molecule has 7 heteroatoms. The second-order valence-electron chi connectivity index (χ2n) is 3.70. The number of anilines is 1. The van der Waals surface area contributed by atoms with E-state index in [1.54, 1.807) is 26.0 Å². The monoisotopic (exact) mass is 268 g/mol. The second kappa shape index (κ2) is 5.18. The highest BCUT2D eigenvalue weighted by molar-refractivity contribution is 7.85. The zero-order chi connectivity index (χ0) is 13.1. The molecule has 0 aromatic carbocycles. The summed E-state index contributed by atoms with van der Waals surface area (Å²) in [6.45, 7) is 3.42. The molecule has 0 bridgehead atoms. The Labute approximate surface area is 106 Å². The van der Waals surface area contributed by atoms with Gasteiger partial charge in [-0.2, -0.15) is 0 Å². The molecule has 2 rings (SSSR count). The summed E-state index contributed by atoms with van der Waals surface area (Å²) in [5.41, 5.74) is 0. The fourth-order valence-electron chi connectivity index (χ4n) is 1.41. The number of aryl methyl sites for hydroxylation is 2. The summed E-state index contributed by atoms with van der Waals surface area (Å²) in [5.74, 6) is 0.933. The number of rotatable bonds is 4. The first-order chi connectivity index (χ1) is 8.56. The molecule has 2 aromatic rings. The van der Waals surface area contributed by atoms with Crippen LogP contribution in [0.4, 0.5) is 5.82 Å². The van der Waals surface area contributed by atoms with Crippen molar-refractivity contribution in [2.75, 3.05) is 11.1 Å². The predicted octanol–water partition coefficient (Wildman–Crippen LogP) is 1.63. The molecule has 1 N–H and O–H groups in total. The van der Waals surface area contributed by atoms with Gasteiger partial charge in [0.05, 0.1) is 22.0 Å². The molecule has 18 heavy (non-hydrogen) atoms. The molecule has 1 amide bonds. The Bertz CT molecular complexity index is 587. The highest BCUT2D eigenvalue weighted by Gasteiger charge is 2.15. The van der Waals surface area contributed by atoms with E-state index in [0.717, 1.165) is 0 Å². The quantitative estimate of drug-likeness (QED) is 0.910. The fraction of sp³-hybridized carbons (Fsp3) is 0.273. The summed E-state index contributed by atoms with van der Waals surface area (Å²) >= 11 is 0. The number of carbonyl (C=O) groups excluding carboxylic acids is 1. The first-order valence-corrected chi connectivity index (χ1v) is 6.54. The van der Waals surface area contributed by atoms with Crippen LogP contribution in [-0.2, 0) is 15.6 Å². The lowest BCUT2D eigenvalue weighted by Crippen LogP contribution is -2.19. The van der Waals surface area contributed by atoms with E-state index in [1.807, 2.05) is 0 Å². The lowest BCUT2D eigenvalue weighted by Gasteiger charge is -2.01. The number of furan rings is 1. The number of nitrogens with one attached hydrogen (secondary N) is 1. The lowest BCUT2D eigenvalue weighted by atomic mass is 10.5. The molecule has 1 atom stereocenters. The fourth-order valence-corrected chi connectivity index (χ4v) is 2.45. The maximum absolute atomic E-state index is 11.9. The summed E-state index contributed by atoms with van der Waals surface area (Å²) in [6, 6.07) is 3.18. The Morgan fingerprint density at radius 3 is 2.83 bits per heavy atom. The summed E-state index contributed by atoms with van der Waals surface area (Å²) in [7, 11) is -1.42. The Morgan fingerprint density at radius 2 is 2.28 bits per heavy atom. The van der Waals surface area contributed by atoms with Crippen LogP contribution in [0.3, 0.4) is 0 Å². The van der Waals surface area contributed by atoms with Crippen LogP contribution in [-0.4, -0.2) is 21.0 Å². The Hall–Kier alpha value is -1.89. The zero-order valence-electron chi connectivity index (χ0n) is 9.93. The first kappa shape index (κ1) is 12.6. The van der Waals surface area contributed by atoms with Crippen LogP contribution in [0.1, 0.15) is 11.5 Å². The van der Waals surface area contributed by atoms with Crippen LogP contribution >= 0.6 is 0 Å². The third kappa shape index (κ3) is 2.86. The van der Waals surface area contributed by atoms with Crippen molar-refractivity contribution in [2.24, 2.45) is 0 Å². The maximum atomic E-state index is 11.9. The van der Waals surface area contributed by atoms with Crippen molar-refractivity contribution < 1.29 is 17.9 Å². The van der Waals surface area contributed by atoms with Crippen molar-refractivity contribution in [2.45, 2.75) is 18.7 Å². The van der Waals surface area contributed by atoms with Gasteiger partial charge in [-0.25, -0.2) is 0 Å². The van der Waals surface area contributed by atoms with Crippen molar-refractivity contribution in [1.82, 2.24) is 5.16 Å². The molecular formula is C11H12N2O4S. The third-order valence-corrected chi connectivity index (χ3v) is 3.65. The van der Waals surface area contributed by atoms with Crippen LogP contribution in [0.5, 0.6) is 0 Å². The molecule has 0 fully saturated rings. The van der Waals surface area contributed by atoms with Crippen LogP contribution in [0.25, 0.3) is 0 Å². The Morgan fingerprint density at radius 1 is 1.50 bits per heavy atom. The number of nitrogens with zero attached hydrogens (tertiary/aromatic N) is 1. The Balaban J connectivity index is 1.96. The lowest BCUT2D eigenvalue weighted by molar-refractivity contribution is -0.113. The van der Waals surface area contributed by atoms with E-state index in [0.29, 0.717) is 22.2 Å². The minimum Gasteiger partial charge on any atom is -0.468 e. The molecule has 0 saturated carbocycles. The predicted molar refractivity (Wildman–Crippen MR) is 64.6 cm³/mol. The van der Waals surface area contributed by atoms with E-state index in [-0.39, 0.29) is 11.7 Å². The SMILES string of the molecule is Cc1cc(NC(=O)C[S@](=O)c2ccoc2C)no1. The zero-order valence-corrected chi connectivity index (χ0v) is 10.7. The van der Waals surface area contributed by atoms with Gasteiger partial charge in [0.25, 0.3) is 0 Å². The minimum absolute atomic E-state index is 0.147. The third-order valence-electron chi connectivity index (χ3n) is 2.21. The molecule has 0 unspecified atom stereocenters. The number of aromatic nitrogens is 1. The van der Waals surface area contributed by atoms with Crippen LogP contribution < -0.4 is 5.32 Å². The van der Waals surface area contributed by atoms with Gasteiger partial charge in [0.2, 0.25) is 5.91 Å². The summed E-state index contributed by atoms with van der Waals surface area (Å²) in [6.07, 6.45) is 1.45. The van der Waals surface area contributed by atoms with Crippen molar-refractivity contribution in [3.05, 3.63) is 29.9 Å².